The van der Waals surface area contributed by atoms with Gasteiger partial charge in [0.2, 0.25) is 15.9 Å². The van der Waals surface area contributed by atoms with Gasteiger partial charge in [-0.2, -0.15) is 4.31 Å². The van der Waals surface area contributed by atoms with Crippen molar-refractivity contribution in [2.24, 2.45) is 0 Å². The van der Waals surface area contributed by atoms with Gasteiger partial charge in [-0.05, 0) is 73.4 Å². The van der Waals surface area contributed by atoms with Crippen molar-refractivity contribution in [3.05, 3.63) is 88.8 Å². The van der Waals surface area contributed by atoms with Crippen LogP contribution < -0.4 is 10.6 Å². The van der Waals surface area contributed by atoms with Crippen LogP contribution in [0.1, 0.15) is 40.9 Å². The van der Waals surface area contributed by atoms with E-state index < -0.39 is 16.1 Å². The predicted octanol–water partition coefficient (Wildman–Crippen LogP) is 3.72. The first-order valence-corrected chi connectivity index (χ1v) is 13.1. The van der Waals surface area contributed by atoms with E-state index in [0.717, 1.165) is 12.8 Å². The number of amides is 2. The lowest BCUT2D eigenvalue weighted by atomic mass is 10.1. The average Bonchev–Trinajstić information content (AvgIpc) is 3.29. The maximum absolute atomic E-state index is 13.6. The summed E-state index contributed by atoms with van der Waals surface area (Å²) in [4.78, 5) is 25.3. The number of benzene rings is 2. The smallest absolute Gasteiger partial charge is 0.251 e. The number of carbonyl (C=O) groups excluding carboxylic acids is 2. The standard InChI is InChI=1S/C25H26ClN3O5S/c26-20-10-12-22(13-11-20)35(32,33)29(23-5-1-2-14-27-25(23)31)17-18-6-8-19(9-7-18)24(30)28-16-21-4-3-15-34-21/h3-4,6-13,15,23H,1-2,5,14,16-17H2,(H,27,31)(H,28,30)/t23-/m1/s1. The molecule has 0 saturated carbocycles. The Hall–Kier alpha value is -3.14. The Balaban J connectivity index is 1.56. The Morgan fingerprint density at radius 3 is 2.51 bits per heavy atom. The Kier molecular flexibility index (Phi) is 7.90. The molecule has 184 valence electrons. The molecule has 0 bridgehead atoms. The highest BCUT2D eigenvalue weighted by molar-refractivity contribution is 7.89. The van der Waals surface area contributed by atoms with E-state index in [0.29, 0.717) is 34.9 Å². The van der Waals surface area contributed by atoms with Gasteiger partial charge in [0.1, 0.15) is 11.8 Å². The molecule has 4 rings (SSSR count). The Morgan fingerprint density at radius 1 is 1.09 bits per heavy atom. The predicted molar refractivity (Wildman–Crippen MR) is 131 cm³/mol. The second-order valence-corrected chi connectivity index (χ2v) is 10.6. The molecule has 1 aliphatic heterocycles. The van der Waals surface area contributed by atoms with E-state index in [9.17, 15) is 18.0 Å². The second kappa shape index (κ2) is 11.1. The van der Waals surface area contributed by atoms with Crippen LogP contribution in [0.3, 0.4) is 0 Å². The minimum absolute atomic E-state index is 0.0165. The second-order valence-electron chi connectivity index (χ2n) is 8.27. The first-order chi connectivity index (χ1) is 16.8. The lowest BCUT2D eigenvalue weighted by Crippen LogP contribution is -2.48. The van der Waals surface area contributed by atoms with Crippen molar-refractivity contribution in [2.75, 3.05) is 6.54 Å². The number of halogens is 1. The van der Waals surface area contributed by atoms with Gasteiger partial charge in [0.05, 0.1) is 17.7 Å². The van der Waals surface area contributed by atoms with Crippen LogP contribution in [0.5, 0.6) is 0 Å². The molecule has 0 radical (unpaired) electrons. The fourth-order valence-electron chi connectivity index (χ4n) is 3.93. The van der Waals surface area contributed by atoms with Crippen LogP contribution in [0.15, 0.2) is 76.2 Å². The Morgan fingerprint density at radius 2 is 1.83 bits per heavy atom. The fraction of sp³-hybridized carbons (Fsp3) is 0.280. The number of carbonyl (C=O) groups is 2. The van der Waals surface area contributed by atoms with Crippen molar-refractivity contribution in [1.82, 2.24) is 14.9 Å². The normalized spacial score (nSPS) is 16.5. The van der Waals surface area contributed by atoms with Crippen LogP contribution in [-0.4, -0.2) is 37.1 Å². The average molecular weight is 516 g/mol. The van der Waals surface area contributed by atoms with Gasteiger partial charge in [0.15, 0.2) is 0 Å². The summed E-state index contributed by atoms with van der Waals surface area (Å²) in [5.41, 5.74) is 1.08. The van der Waals surface area contributed by atoms with Gasteiger partial charge < -0.3 is 15.1 Å². The van der Waals surface area contributed by atoms with E-state index in [2.05, 4.69) is 10.6 Å². The van der Waals surface area contributed by atoms with E-state index in [1.54, 1.807) is 36.4 Å². The summed E-state index contributed by atoms with van der Waals surface area (Å²) in [6.45, 7) is 0.765. The molecule has 2 amide bonds. The van der Waals surface area contributed by atoms with Crippen LogP contribution in [0.4, 0.5) is 0 Å². The van der Waals surface area contributed by atoms with Gasteiger partial charge in [-0.1, -0.05) is 23.7 Å². The third-order valence-corrected chi connectivity index (χ3v) is 7.95. The number of hydrogen-bond donors (Lipinski definition) is 2. The third kappa shape index (κ3) is 6.11. The summed E-state index contributed by atoms with van der Waals surface area (Å²) in [6.07, 6.45) is 3.48. The van der Waals surface area contributed by atoms with Crippen molar-refractivity contribution in [2.45, 2.75) is 43.3 Å². The van der Waals surface area contributed by atoms with Crippen LogP contribution in [0, 0.1) is 0 Å². The van der Waals surface area contributed by atoms with Crippen molar-refractivity contribution in [3.63, 3.8) is 0 Å². The summed E-state index contributed by atoms with van der Waals surface area (Å²) in [6, 6.07) is 15.2. The van der Waals surface area contributed by atoms with Gasteiger partial charge in [-0.3, -0.25) is 9.59 Å². The topological polar surface area (TPSA) is 109 Å². The first-order valence-electron chi connectivity index (χ1n) is 11.3. The molecule has 1 aromatic heterocycles. The zero-order valence-electron chi connectivity index (χ0n) is 18.9. The molecule has 0 aliphatic carbocycles. The third-order valence-electron chi connectivity index (χ3n) is 5.83. The SMILES string of the molecule is O=C(NCc1ccco1)c1ccc(CN([C@@H]2CCCCNC2=O)S(=O)(=O)c2ccc(Cl)cc2)cc1. The quantitative estimate of drug-likeness (QED) is 0.475. The number of furan rings is 1. The summed E-state index contributed by atoms with van der Waals surface area (Å²) >= 11 is 5.95. The molecule has 2 aromatic carbocycles. The molecule has 1 atom stereocenters. The molecule has 0 unspecified atom stereocenters. The first kappa shape index (κ1) is 25.0. The van der Waals surface area contributed by atoms with Crippen LogP contribution in [0.25, 0.3) is 0 Å². The summed E-state index contributed by atoms with van der Waals surface area (Å²) in [5.74, 6) is 0.0513. The minimum atomic E-state index is -4.00. The molecule has 10 heteroatoms. The molecule has 1 saturated heterocycles. The monoisotopic (exact) mass is 515 g/mol. The molecule has 0 spiro atoms. The molecule has 1 aliphatic rings. The summed E-state index contributed by atoms with van der Waals surface area (Å²) in [7, 11) is -4.00. The zero-order chi connectivity index (χ0) is 24.8. The molecule has 8 nitrogen and oxygen atoms in total. The van der Waals surface area contributed by atoms with Gasteiger partial charge in [0.25, 0.3) is 5.91 Å². The maximum atomic E-state index is 13.6. The van der Waals surface area contributed by atoms with Crippen molar-refractivity contribution in [1.29, 1.82) is 0 Å². The molecule has 2 heterocycles. The van der Waals surface area contributed by atoms with Crippen molar-refractivity contribution >= 4 is 33.4 Å². The molecule has 1 fully saturated rings. The van der Waals surface area contributed by atoms with Crippen LogP contribution >= 0.6 is 11.6 Å². The minimum Gasteiger partial charge on any atom is -0.467 e. The molecule has 2 N–H and O–H groups in total. The number of nitrogens with one attached hydrogen (secondary N) is 2. The van der Waals surface area contributed by atoms with Crippen molar-refractivity contribution in [3.8, 4) is 0 Å². The number of rotatable bonds is 8. The lowest BCUT2D eigenvalue weighted by Gasteiger charge is -2.29. The Labute approximate surface area is 209 Å². The van der Waals surface area contributed by atoms with E-state index in [1.165, 1.54) is 34.8 Å². The van der Waals surface area contributed by atoms with E-state index in [1.807, 2.05) is 0 Å². The molecule has 3 aromatic rings. The molecule has 35 heavy (non-hydrogen) atoms. The van der Waals surface area contributed by atoms with Crippen LogP contribution in [-0.2, 0) is 27.9 Å². The van der Waals surface area contributed by atoms with Gasteiger partial charge in [0, 0.05) is 23.7 Å². The van der Waals surface area contributed by atoms with Crippen molar-refractivity contribution < 1.29 is 22.4 Å². The lowest BCUT2D eigenvalue weighted by molar-refractivity contribution is -0.124. The fourth-order valence-corrected chi connectivity index (χ4v) is 5.66. The highest BCUT2D eigenvalue weighted by atomic mass is 35.5. The number of hydrogen-bond acceptors (Lipinski definition) is 5. The van der Waals surface area contributed by atoms with Gasteiger partial charge >= 0.3 is 0 Å². The molecular weight excluding hydrogens is 490 g/mol. The van der Waals surface area contributed by atoms with E-state index in [4.69, 9.17) is 16.0 Å². The molecular formula is C25H26ClN3O5S. The zero-order valence-corrected chi connectivity index (χ0v) is 20.5. The highest BCUT2D eigenvalue weighted by Crippen LogP contribution is 2.26. The summed E-state index contributed by atoms with van der Waals surface area (Å²) < 4.78 is 33.7. The Bertz CT molecular complexity index is 1260. The van der Waals surface area contributed by atoms with Crippen LogP contribution in [0.2, 0.25) is 5.02 Å². The summed E-state index contributed by atoms with van der Waals surface area (Å²) in [5, 5.41) is 6.01. The van der Waals surface area contributed by atoms with E-state index in [-0.39, 0.29) is 29.8 Å². The number of nitrogens with zero attached hydrogens (tertiary/aromatic N) is 1. The maximum Gasteiger partial charge on any atom is 0.251 e. The number of sulfonamides is 1. The van der Waals surface area contributed by atoms with E-state index >= 15 is 0 Å². The van der Waals surface area contributed by atoms with Gasteiger partial charge in [-0.25, -0.2) is 8.42 Å². The highest BCUT2D eigenvalue weighted by Gasteiger charge is 2.36. The van der Waals surface area contributed by atoms with Gasteiger partial charge in [-0.15, -0.1) is 0 Å². The largest absolute Gasteiger partial charge is 0.467 e.